The number of azo groups is 1. The van der Waals surface area contributed by atoms with E-state index in [-0.39, 0.29) is 45.0 Å². The number of sulfone groups is 2. The van der Waals surface area contributed by atoms with Crippen molar-refractivity contribution in [2.45, 2.75) is 19.6 Å². The van der Waals surface area contributed by atoms with Crippen molar-refractivity contribution < 1.29 is 85.5 Å². The lowest BCUT2D eigenvalue weighted by atomic mass is 10.2. The molecule has 0 amide bonds. The summed E-state index contributed by atoms with van der Waals surface area (Å²) in [6.45, 7) is -1.29. The number of aromatic hydroxyl groups is 1. The first-order valence-electron chi connectivity index (χ1n) is 15.6. The van der Waals surface area contributed by atoms with E-state index in [0.717, 1.165) is 54.6 Å². The summed E-state index contributed by atoms with van der Waals surface area (Å²) in [5.74, 6) is -2.62. The summed E-state index contributed by atoms with van der Waals surface area (Å²) in [7, 11) is -18.0. The van der Waals surface area contributed by atoms with Crippen molar-refractivity contribution in [2.24, 2.45) is 20.4 Å². The molecule has 0 unspecified atom stereocenters. The van der Waals surface area contributed by atoms with E-state index >= 15 is 0 Å². The first-order valence-corrected chi connectivity index (χ1v) is 23.1. The minimum absolute atomic E-state index is 0.00388. The Morgan fingerprint density at radius 3 is 1.72 bits per heavy atom. The maximum absolute atomic E-state index is 13.6. The van der Waals surface area contributed by atoms with Crippen LogP contribution in [0.5, 0.6) is 5.75 Å². The normalized spacial score (nSPS) is 13.2. The highest BCUT2D eigenvalue weighted by Gasteiger charge is 2.21. The summed E-state index contributed by atoms with van der Waals surface area (Å²) in [4.78, 5) is 25.8. The molecular weight excluding hydrogens is 949 g/mol. The number of anilines is 2. The minimum atomic E-state index is -5.01. The summed E-state index contributed by atoms with van der Waals surface area (Å²) in [5.41, 5.74) is 0.165. The Hall–Kier alpha value is -4.82. The fourth-order valence-electron chi connectivity index (χ4n) is 4.37. The van der Waals surface area contributed by atoms with Crippen LogP contribution in [0.2, 0.25) is 0 Å². The second kappa shape index (κ2) is 21.3. The van der Waals surface area contributed by atoms with Gasteiger partial charge in [-0.1, -0.05) is 10.1 Å². The lowest BCUT2D eigenvalue weighted by Gasteiger charge is -2.06. The largest absolute Gasteiger partial charge is 0.504 e. The number of hydrogen-bond acceptors (Lipinski definition) is 27. The van der Waals surface area contributed by atoms with Crippen molar-refractivity contribution >= 4 is 87.3 Å². The molecule has 0 spiro atoms. The van der Waals surface area contributed by atoms with Gasteiger partial charge in [-0.3, -0.25) is 33.7 Å². The van der Waals surface area contributed by atoms with Gasteiger partial charge in [-0.25, -0.2) is 31.5 Å². The Balaban J connectivity index is 1.77. The van der Waals surface area contributed by atoms with E-state index in [1.807, 2.05) is 0 Å². The Labute approximate surface area is 350 Å². The maximum Gasteiger partial charge on any atom is 0.397 e. The maximum atomic E-state index is 13.6. The average Bonchev–Trinajstić information content (AvgIpc) is 3.19. The zero-order valence-corrected chi connectivity index (χ0v) is 34.6. The first-order chi connectivity index (χ1) is 28.7. The van der Waals surface area contributed by atoms with Gasteiger partial charge < -0.3 is 5.11 Å². The third-order valence-corrected chi connectivity index (χ3v) is 12.8. The fourth-order valence-corrected chi connectivity index (χ4v) is 8.26. The molecule has 0 heterocycles. The second-order valence-electron chi connectivity index (χ2n) is 11.0. The molecule has 0 bridgehead atoms. The standard InChI is InChI=1S/C28H26N6O21S6/c35-26-23(32-29-16-1-6-19(7-2-16)58(40,41)13-11-50-57-55-53-39)27(36)25(34-31-21-15-18(56-54-52-38)5-10-22(21)60(44,45)46)28(37)24(26)33-30-17-3-8-20(9-4-17)59(42,43)14-12-51-61(47,48)49/h1-10,15,29-30,36,38-39H,11-14H2,(H,44,45,46)(H,47,48,49)/b32-23+,33-24+,34-31?. The van der Waals surface area contributed by atoms with Gasteiger partial charge in [0.15, 0.2) is 54.1 Å². The van der Waals surface area contributed by atoms with Crippen LogP contribution in [0.25, 0.3) is 0 Å². The van der Waals surface area contributed by atoms with Crippen molar-refractivity contribution in [3.05, 3.63) is 97.9 Å². The van der Waals surface area contributed by atoms with Crippen LogP contribution in [-0.4, -0.2) is 83.1 Å². The van der Waals surface area contributed by atoms with Gasteiger partial charge in [-0.15, -0.1) is 18.9 Å². The number of rotatable bonds is 22. The second-order valence-corrected chi connectivity index (χ2v) is 19.0. The number of nitrogens with zero attached hydrogens (tertiary/aromatic N) is 4. The Bertz CT molecular complexity index is 2930. The third-order valence-electron chi connectivity index (χ3n) is 7.08. The third kappa shape index (κ3) is 14.1. The van der Waals surface area contributed by atoms with E-state index in [1.165, 1.54) is 12.1 Å². The van der Waals surface area contributed by atoms with E-state index in [4.69, 9.17) is 19.3 Å². The van der Waals surface area contributed by atoms with Crippen molar-refractivity contribution in [1.82, 2.24) is 0 Å². The highest BCUT2D eigenvalue weighted by atomic mass is 32.3. The molecule has 33 heteroatoms. The molecule has 0 aliphatic rings. The zero-order chi connectivity index (χ0) is 45.0. The number of phenols is 1. The van der Waals surface area contributed by atoms with Crippen LogP contribution in [-0.2, 0) is 67.3 Å². The molecule has 0 aliphatic heterocycles. The van der Waals surface area contributed by atoms with Gasteiger partial charge in [0.1, 0.15) is 10.6 Å². The summed E-state index contributed by atoms with van der Waals surface area (Å²) in [6.07, 6.45) is 0. The molecule has 7 N–H and O–H groups in total. The van der Waals surface area contributed by atoms with Crippen LogP contribution in [0.1, 0.15) is 0 Å². The smallest absolute Gasteiger partial charge is 0.397 e. The SMILES string of the molecule is O=c1c(N=Nc2cc(SOOO)ccc2S(=O)(=O)O)c(O)/c(=N/Nc2ccc(S(=O)(=O)CCOSOOO)cc2)c(=O)/c1=N\Nc1ccc(S(=O)(=O)CCOS(=O)(=O)O)cc1. The molecule has 0 atom stereocenters. The zero-order valence-electron chi connectivity index (χ0n) is 29.7. The van der Waals surface area contributed by atoms with E-state index < -0.39 is 102 Å². The van der Waals surface area contributed by atoms with Gasteiger partial charge >= 0.3 is 10.4 Å². The molecule has 0 aromatic heterocycles. The summed E-state index contributed by atoms with van der Waals surface area (Å²) in [6, 6.07) is 11.8. The van der Waals surface area contributed by atoms with Crippen LogP contribution < -0.4 is 32.4 Å². The molecule has 0 radical (unpaired) electrons. The number of nitrogens with one attached hydrogen (secondary N) is 2. The molecule has 0 fully saturated rings. The van der Waals surface area contributed by atoms with Gasteiger partial charge in [0.2, 0.25) is 10.9 Å². The Kier molecular flexibility index (Phi) is 17.1. The van der Waals surface area contributed by atoms with Crippen molar-refractivity contribution in [3.63, 3.8) is 0 Å². The van der Waals surface area contributed by atoms with E-state index in [9.17, 15) is 52.9 Å². The molecule has 61 heavy (non-hydrogen) atoms. The molecule has 0 aliphatic carbocycles. The fraction of sp³-hybridized carbons (Fsp3) is 0.143. The van der Waals surface area contributed by atoms with Crippen LogP contribution in [0.4, 0.5) is 22.7 Å². The lowest BCUT2D eigenvalue weighted by Crippen LogP contribution is -2.48. The summed E-state index contributed by atoms with van der Waals surface area (Å²) in [5, 5.41) is 47.3. The van der Waals surface area contributed by atoms with Crippen LogP contribution in [0, 0.1) is 0 Å². The number of phenolic OH excluding ortho intramolecular Hbond substituents is 1. The Morgan fingerprint density at radius 1 is 0.656 bits per heavy atom. The molecule has 4 aromatic carbocycles. The van der Waals surface area contributed by atoms with E-state index in [1.54, 1.807) is 0 Å². The van der Waals surface area contributed by atoms with Crippen molar-refractivity contribution in [1.29, 1.82) is 0 Å². The van der Waals surface area contributed by atoms with Crippen LogP contribution in [0.15, 0.2) is 116 Å². The van der Waals surface area contributed by atoms with Gasteiger partial charge in [-0.05, 0) is 66.7 Å². The lowest BCUT2D eigenvalue weighted by molar-refractivity contribution is -0.434. The molecule has 27 nitrogen and oxygen atoms in total. The highest BCUT2D eigenvalue weighted by molar-refractivity contribution is 7.94. The van der Waals surface area contributed by atoms with Crippen LogP contribution in [0.3, 0.4) is 0 Å². The predicted octanol–water partition coefficient (Wildman–Crippen LogP) is 1.30. The quantitative estimate of drug-likeness (QED) is 0.0146. The van der Waals surface area contributed by atoms with Gasteiger partial charge in [0.25, 0.3) is 10.1 Å². The molecule has 0 saturated carbocycles. The number of benzene rings is 4. The molecule has 4 aromatic rings. The summed E-state index contributed by atoms with van der Waals surface area (Å²) >= 11 is 0.507. The Morgan fingerprint density at radius 2 is 1.20 bits per heavy atom. The highest BCUT2D eigenvalue weighted by Crippen LogP contribution is 2.32. The predicted molar refractivity (Wildman–Crippen MR) is 205 cm³/mol. The van der Waals surface area contributed by atoms with E-state index in [0.29, 0.717) is 12.0 Å². The van der Waals surface area contributed by atoms with Crippen LogP contribution >= 0.6 is 24.4 Å². The molecule has 330 valence electrons. The van der Waals surface area contributed by atoms with Gasteiger partial charge in [0.05, 0.1) is 57.9 Å². The summed E-state index contributed by atoms with van der Waals surface area (Å²) < 4.78 is 131. The van der Waals surface area contributed by atoms with Crippen molar-refractivity contribution in [3.8, 4) is 5.75 Å². The number of hydrogen-bond donors (Lipinski definition) is 7. The first kappa shape index (κ1) is 48.8. The van der Waals surface area contributed by atoms with E-state index in [2.05, 4.69) is 54.2 Å². The molecule has 0 saturated heterocycles. The van der Waals surface area contributed by atoms with Gasteiger partial charge in [-0.2, -0.15) is 27.0 Å². The van der Waals surface area contributed by atoms with Gasteiger partial charge in [0, 0.05) is 4.90 Å². The van der Waals surface area contributed by atoms with Crippen molar-refractivity contribution in [2.75, 3.05) is 35.6 Å². The average molecular weight is 975 g/mol. The molecule has 4 rings (SSSR count). The topological polar surface area (TPSA) is 401 Å². The molecular formula is C28H26N6O21S6. The monoisotopic (exact) mass is 974 g/mol. The minimum Gasteiger partial charge on any atom is -0.504 e.